The van der Waals surface area contributed by atoms with Crippen molar-refractivity contribution in [3.63, 3.8) is 0 Å². The van der Waals surface area contributed by atoms with Gasteiger partial charge in [0.2, 0.25) is 0 Å². The number of nitrogens with two attached hydrogens (primary N) is 1. The highest BCUT2D eigenvalue weighted by molar-refractivity contribution is 5.15. The highest BCUT2D eigenvalue weighted by atomic mass is 15.2. The van der Waals surface area contributed by atoms with E-state index in [0.717, 1.165) is 25.4 Å². The molecule has 2 N–H and O–H groups in total. The maximum absolute atomic E-state index is 6.13. The highest BCUT2D eigenvalue weighted by Gasteiger charge is 2.32. The van der Waals surface area contributed by atoms with Gasteiger partial charge in [-0.2, -0.15) is 0 Å². The van der Waals surface area contributed by atoms with E-state index in [9.17, 15) is 0 Å². The van der Waals surface area contributed by atoms with Crippen LogP contribution in [0.15, 0.2) is 30.3 Å². The summed E-state index contributed by atoms with van der Waals surface area (Å²) in [4.78, 5) is 2.45. The number of benzene rings is 1. The largest absolute Gasteiger partial charge is 0.329 e. The molecule has 0 aromatic heterocycles. The van der Waals surface area contributed by atoms with E-state index in [4.69, 9.17) is 5.73 Å². The van der Waals surface area contributed by atoms with Gasteiger partial charge in [-0.3, -0.25) is 4.90 Å². The molecule has 0 aliphatic rings. The van der Waals surface area contributed by atoms with Crippen LogP contribution in [0.4, 0.5) is 0 Å². The van der Waals surface area contributed by atoms with Crippen LogP contribution in [0, 0.1) is 5.92 Å². The zero-order chi connectivity index (χ0) is 14.3. The SMILES string of the molecule is CCC(C)CC(CC)(CN)N(C)Cc1ccccc1. The van der Waals surface area contributed by atoms with Crippen LogP contribution in [0.5, 0.6) is 0 Å². The molecule has 2 nitrogen and oxygen atoms in total. The van der Waals surface area contributed by atoms with E-state index in [1.807, 2.05) is 0 Å². The zero-order valence-electron chi connectivity index (χ0n) is 13.0. The lowest BCUT2D eigenvalue weighted by molar-refractivity contribution is 0.0855. The summed E-state index contributed by atoms with van der Waals surface area (Å²) in [7, 11) is 2.21. The van der Waals surface area contributed by atoms with Gasteiger partial charge in [0.15, 0.2) is 0 Å². The third-order valence-corrected chi connectivity index (χ3v) is 4.54. The lowest BCUT2D eigenvalue weighted by Crippen LogP contribution is -2.52. The molecule has 0 bridgehead atoms. The molecule has 0 spiro atoms. The van der Waals surface area contributed by atoms with Gasteiger partial charge in [0.1, 0.15) is 0 Å². The van der Waals surface area contributed by atoms with Gasteiger partial charge >= 0.3 is 0 Å². The normalized spacial score (nSPS) is 16.3. The predicted octanol–water partition coefficient (Wildman–Crippen LogP) is 3.66. The second kappa shape index (κ2) is 7.66. The van der Waals surface area contributed by atoms with Crippen LogP contribution in [0.3, 0.4) is 0 Å². The molecule has 0 radical (unpaired) electrons. The third-order valence-electron chi connectivity index (χ3n) is 4.54. The van der Waals surface area contributed by atoms with Gasteiger partial charge in [0, 0.05) is 18.6 Å². The molecule has 108 valence electrons. The number of nitrogens with zero attached hydrogens (tertiary/aromatic N) is 1. The van der Waals surface area contributed by atoms with Gasteiger partial charge in [-0.1, -0.05) is 57.5 Å². The van der Waals surface area contributed by atoms with Crippen LogP contribution in [-0.4, -0.2) is 24.0 Å². The number of hydrogen-bond acceptors (Lipinski definition) is 2. The topological polar surface area (TPSA) is 29.3 Å². The molecular formula is C17H30N2. The Kier molecular flexibility index (Phi) is 6.53. The summed E-state index contributed by atoms with van der Waals surface area (Å²) >= 11 is 0. The van der Waals surface area contributed by atoms with Crippen LogP contribution in [0.1, 0.15) is 45.6 Å². The minimum atomic E-state index is 0.130. The van der Waals surface area contributed by atoms with Gasteiger partial charge in [0.05, 0.1) is 0 Å². The molecule has 0 heterocycles. The van der Waals surface area contributed by atoms with Crippen LogP contribution in [0.2, 0.25) is 0 Å². The fraction of sp³-hybridized carbons (Fsp3) is 0.647. The Morgan fingerprint density at radius 1 is 1.21 bits per heavy atom. The molecule has 0 aliphatic heterocycles. The van der Waals surface area contributed by atoms with Crippen LogP contribution < -0.4 is 5.73 Å². The first-order valence-electron chi connectivity index (χ1n) is 7.53. The van der Waals surface area contributed by atoms with E-state index in [-0.39, 0.29) is 5.54 Å². The zero-order valence-corrected chi connectivity index (χ0v) is 13.0. The lowest BCUT2D eigenvalue weighted by atomic mass is 9.83. The molecule has 0 aliphatic carbocycles. The lowest BCUT2D eigenvalue weighted by Gasteiger charge is -2.42. The van der Waals surface area contributed by atoms with Crippen molar-refractivity contribution in [3.8, 4) is 0 Å². The summed E-state index contributed by atoms with van der Waals surface area (Å²) in [5.74, 6) is 0.724. The molecule has 0 fully saturated rings. The Hall–Kier alpha value is -0.860. The Bertz CT molecular complexity index is 344. The van der Waals surface area contributed by atoms with E-state index in [0.29, 0.717) is 0 Å². The fourth-order valence-electron chi connectivity index (χ4n) is 2.77. The molecule has 2 atom stereocenters. The van der Waals surface area contributed by atoms with E-state index in [1.54, 1.807) is 0 Å². The molecular weight excluding hydrogens is 232 g/mol. The van der Waals surface area contributed by atoms with Gasteiger partial charge in [-0.15, -0.1) is 0 Å². The van der Waals surface area contributed by atoms with Crippen LogP contribution in [0.25, 0.3) is 0 Å². The van der Waals surface area contributed by atoms with E-state index >= 15 is 0 Å². The van der Waals surface area contributed by atoms with Crippen LogP contribution >= 0.6 is 0 Å². The molecule has 0 amide bonds. The summed E-state index contributed by atoms with van der Waals surface area (Å²) in [5, 5.41) is 0. The number of rotatable bonds is 8. The Morgan fingerprint density at radius 3 is 2.32 bits per heavy atom. The monoisotopic (exact) mass is 262 g/mol. The van der Waals surface area contributed by atoms with Gasteiger partial charge < -0.3 is 5.73 Å². The van der Waals surface area contributed by atoms with E-state index in [2.05, 4.69) is 63.1 Å². The minimum absolute atomic E-state index is 0.130. The van der Waals surface area contributed by atoms with Crippen molar-refractivity contribution in [1.29, 1.82) is 0 Å². The summed E-state index contributed by atoms with van der Waals surface area (Å²) in [6, 6.07) is 10.7. The third kappa shape index (κ3) is 4.32. The van der Waals surface area contributed by atoms with Crippen molar-refractivity contribution >= 4 is 0 Å². The summed E-state index contributed by atoms with van der Waals surface area (Å²) in [6.45, 7) is 8.56. The fourth-order valence-corrected chi connectivity index (χ4v) is 2.77. The molecule has 0 saturated carbocycles. The smallest absolute Gasteiger partial charge is 0.0332 e. The molecule has 19 heavy (non-hydrogen) atoms. The summed E-state index contributed by atoms with van der Waals surface area (Å²) < 4.78 is 0. The number of hydrogen-bond donors (Lipinski definition) is 1. The van der Waals surface area contributed by atoms with Gasteiger partial charge in [-0.05, 0) is 31.4 Å². The van der Waals surface area contributed by atoms with Crippen molar-refractivity contribution in [2.45, 2.75) is 52.1 Å². The molecule has 1 aromatic rings. The van der Waals surface area contributed by atoms with Crippen molar-refractivity contribution in [1.82, 2.24) is 4.90 Å². The van der Waals surface area contributed by atoms with Gasteiger partial charge in [-0.25, -0.2) is 0 Å². The minimum Gasteiger partial charge on any atom is -0.329 e. The van der Waals surface area contributed by atoms with Crippen molar-refractivity contribution in [2.75, 3.05) is 13.6 Å². The second-order valence-corrected chi connectivity index (χ2v) is 5.84. The predicted molar refractivity (Wildman–Crippen MR) is 84.1 cm³/mol. The maximum atomic E-state index is 6.13. The van der Waals surface area contributed by atoms with Crippen molar-refractivity contribution in [2.24, 2.45) is 11.7 Å². The van der Waals surface area contributed by atoms with Crippen molar-refractivity contribution < 1.29 is 0 Å². The molecule has 2 unspecified atom stereocenters. The average molecular weight is 262 g/mol. The quantitative estimate of drug-likeness (QED) is 0.774. The maximum Gasteiger partial charge on any atom is 0.0332 e. The highest BCUT2D eigenvalue weighted by Crippen LogP contribution is 2.28. The molecule has 1 rings (SSSR count). The summed E-state index contributed by atoms with van der Waals surface area (Å²) in [5.41, 5.74) is 7.63. The van der Waals surface area contributed by atoms with Gasteiger partial charge in [0.25, 0.3) is 0 Å². The average Bonchev–Trinajstić information content (AvgIpc) is 2.45. The van der Waals surface area contributed by atoms with E-state index in [1.165, 1.54) is 18.4 Å². The molecule has 2 heteroatoms. The Labute approximate surface area is 119 Å². The first-order chi connectivity index (χ1) is 9.07. The Morgan fingerprint density at radius 2 is 1.84 bits per heavy atom. The summed E-state index contributed by atoms with van der Waals surface area (Å²) in [6.07, 6.45) is 3.51. The van der Waals surface area contributed by atoms with E-state index < -0.39 is 0 Å². The van der Waals surface area contributed by atoms with Crippen LogP contribution in [-0.2, 0) is 6.54 Å². The Balaban J connectivity index is 2.80. The van der Waals surface area contributed by atoms with Crippen molar-refractivity contribution in [3.05, 3.63) is 35.9 Å². The molecule has 0 saturated heterocycles. The first-order valence-corrected chi connectivity index (χ1v) is 7.53. The number of likely N-dealkylation sites (N-methyl/N-ethyl adjacent to an activating group) is 1. The molecule has 1 aromatic carbocycles. The standard InChI is InChI=1S/C17H30N2/c1-5-15(3)12-17(6-2,14-18)19(4)13-16-10-8-7-9-11-16/h7-11,15H,5-6,12-14,18H2,1-4H3. The first kappa shape index (κ1) is 16.2. The second-order valence-electron chi connectivity index (χ2n) is 5.84.